The molecule has 1 aliphatic heterocycles. The summed E-state index contributed by atoms with van der Waals surface area (Å²) in [4.78, 5) is 14.5. The Labute approximate surface area is 142 Å². The van der Waals surface area contributed by atoms with Crippen molar-refractivity contribution in [1.82, 2.24) is 9.62 Å². The van der Waals surface area contributed by atoms with Gasteiger partial charge in [-0.1, -0.05) is 36.9 Å². The van der Waals surface area contributed by atoms with Gasteiger partial charge in [-0.05, 0) is 35.2 Å². The quantitative estimate of drug-likeness (QED) is 0.905. The summed E-state index contributed by atoms with van der Waals surface area (Å²) in [7, 11) is -3.41. The van der Waals surface area contributed by atoms with Crippen LogP contribution < -0.4 is 4.72 Å². The van der Waals surface area contributed by atoms with Crippen LogP contribution in [-0.2, 0) is 10.0 Å². The van der Waals surface area contributed by atoms with Crippen LogP contribution in [0.5, 0.6) is 0 Å². The van der Waals surface area contributed by atoms with Crippen molar-refractivity contribution < 1.29 is 13.2 Å². The van der Waals surface area contributed by atoms with E-state index < -0.39 is 10.0 Å². The third kappa shape index (κ3) is 3.66. The van der Waals surface area contributed by atoms with Crippen LogP contribution in [0.1, 0.15) is 16.8 Å². The molecule has 0 spiro atoms. The van der Waals surface area contributed by atoms with Crippen LogP contribution in [0, 0.1) is 5.92 Å². The van der Waals surface area contributed by atoms with E-state index in [-0.39, 0.29) is 11.8 Å². The maximum absolute atomic E-state index is 12.7. The first-order valence-electron chi connectivity index (χ1n) is 7.89. The molecule has 5 nitrogen and oxygen atoms in total. The second-order valence-corrected chi connectivity index (χ2v) is 7.74. The van der Waals surface area contributed by atoms with Crippen LogP contribution in [0.15, 0.2) is 54.5 Å². The Hall–Kier alpha value is -2.18. The molecule has 6 heteroatoms. The van der Waals surface area contributed by atoms with E-state index in [1.54, 1.807) is 4.90 Å². The molecule has 1 amide bonds. The Kier molecular flexibility index (Phi) is 4.69. The van der Waals surface area contributed by atoms with Crippen LogP contribution >= 0.6 is 0 Å². The highest BCUT2D eigenvalue weighted by atomic mass is 32.2. The van der Waals surface area contributed by atoms with E-state index in [0.717, 1.165) is 22.6 Å². The predicted molar refractivity (Wildman–Crippen MR) is 95.1 cm³/mol. The third-order valence-electron chi connectivity index (χ3n) is 4.36. The monoisotopic (exact) mass is 344 g/mol. The number of carbonyl (C=O) groups is 1. The molecule has 1 atom stereocenters. The minimum absolute atomic E-state index is 0.00479. The Morgan fingerprint density at radius 2 is 2.00 bits per heavy atom. The van der Waals surface area contributed by atoms with Gasteiger partial charge in [0.05, 0.1) is 0 Å². The Morgan fingerprint density at radius 1 is 1.25 bits per heavy atom. The van der Waals surface area contributed by atoms with E-state index >= 15 is 0 Å². The van der Waals surface area contributed by atoms with Gasteiger partial charge in [-0.15, -0.1) is 0 Å². The molecule has 1 N–H and O–H groups in total. The molecule has 2 aromatic carbocycles. The highest BCUT2D eigenvalue weighted by molar-refractivity contribution is 7.92. The molecule has 1 saturated heterocycles. The molecule has 0 aliphatic carbocycles. The molecule has 0 bridgehead atoms. The van der Waals surface area contributed by atoms with Crippen molar-refractivity contribution in [3.63, 3.8) is 0 Å². The number of nitrogens with zero attached hydrogens (tertiary/aromatic N) is 1. The van der Waals surface area contributed by atoms with Crippen LogP contribution in [0.25, 0.3) is 10.8 Å². The number of hydrogen-bond acceptors (Lipinski definition) is 3. The van der Waals surface area contributed by atoms with Crippen molar-refractivity contribution in [2.45, 2.75) is 6.42 Å². The number of sulfonamides is 1. The largest absolute Gasteiger partial charge is 0.338 e. The summed E-state index contributed by atoms with van der Waals surface area (Å²) < 4.78 is 25.3. The summed E-state index contributed by atoms with van der Waals surface area (Å²) in [6, 6.07) is 13.6. The summed E-state index contributed by atoms with van der Waals surface area (Å²) in [6.07, 6.45) is 0.791. The summed E-state index contributed by atoms with van der Waals surface area (Å²) in [6.45, 7) is 4.81. The molecule has 0 aromatic heterocycles. The molecule has 0 saturated carbocycles. The fourth-order valence-electron chi connectivity index (χ4n) is 2.98. The fraction of sp³-hybridized carbons (Fsp3) is 0.278. The highest BCUT2D eigenvalue weighted by Crippen LogP contribution is 2.21. The summed E-state index contributed by atoms with van der Waals surface area (Å²) in [5.74, 6) is 0.124. The SMILES string of the molecule is C=CS(=O)(=O)NC[C@H]1CCN(C(=O)c2ccc3ccccc3c2)C1. The lowest BCUT2D eigenvalue weighted by Gasteiger charge is -2.17. The molecule has 0 unspecified atom stereocenters. The van der Waals surface area contributed by atoms with Gasteiger partial charge in [0.2, 0.25) is 10.0 Å². The van der Waals surface area contributed by atoms with Crippen molar-refractivity contribution in [1.29, 1.82) is 0 Å². The Bertz CT molecular complexity index is 877. The van der Waals surface area contributed by atoms with Gasteiger partial charge < -0.3 is 4.90 Å². The lowest BCUT2D eigenvalue weighted by Crippen LogP contribution is -2.32. The van der Waals surface area contributed by atoms with Crippen molar-refractivity contribution in [2.24, 2.45) is 5.92 Å². The Morgan fingerprint density at radius 3 is 2.75 bits per heavy atom. The van der Waals surface area contributed by atoms with Gasteiger partial charge in [0.15, 0.2) is 0 Å². The van der Waals surface area contributed by atoms with E-state index in [2.05, 4.69) is 11.3 Å². The number of hydrogen-bond donors (Lipinski definition) is 1. The van der Waals surface area contributed by atoms with Crippen molar-refractivity contribution in [3.8, 4) is 0 Å². The second-order valence-electron chi connectivity index (χ2n) is 6.03. The molecule has 1 heterocycles. The lowest BCUT2D eigenvalue weighted by atomic mass is 10.1. The highest BCUT2D eigenvalue weighted by Gasteiger charge is 2.27. The average molecular weight is 344 g/mol. The van der Waals surface area contributed by atoms with Crippen LogP contribution in [0.3, 0.4) is 0 Å². The first-order chi connectivity index (χ1) is 11.5. The average Bonchev–Trinajstić information content (AvgIpc) is 3.08. The van der Waals surface area contributed by atoms with Crippen LogP contribution in [0.2, 0.25) is 0 Å². The van der Waals surface area contributed by atoms with Gasteiger partial charge in [0.1, 0.15) is 0 Å². The van der Waals surface area contributed by atoms with Crippen molar-refractivity contribution >= 4 is 26.7 Å². The van der Waals surface area contributed by atoms with Gasteiger partial charge >= 0.3 is 0 Å². The first kappa shape index (κ1) is 16.7. The zero-order valence-corrected chi connectivity index (χ0v) is 14.1. The summed E-state index contributed by atoms with van der Waals surface area (Å²) in [5.41, 5.74) is 0.668. The number of amides is 1. The molecule has 1 fully saturated rings. The van der Waals surface area contributed by atoms with Crippen LogP contribution in [-0.4, -0.2) is 38.9 Å². The van der Waals surface area contributed by atoms with Gasteiger partial charge in [0, 0.05) is 30.6 Å². The molecule has 2 aromatic rings. The van der Waals surface area contributed by atoms with Crippen molar-refractivity contribution in [2.75, 3.05) is 19.6 Å². The van der Waals surface area contributed by atoms with E-state index in [1.807, 2.05) is 42.5 Å². The number of likely N-dealkylation sites (tertiary alicyclic amines) is 1. The topological polar surface area (TPSA) is 66.5 Å². The number of nitrogens with one attached hydrogen (secondary N) is 1. The summed E-state index contributed by atoms with van der Waals surface area (Å²) in [5, 5.41) is 3.05. The zero-order valence-electron chi connectivity index (χ0n) is 13.3. The summed E-state index contributed by atoms with van der Waals surface area (Å²) >= 11 is 0. The van der Waals surface area contributed by atoms with Gasteiger partial charge in [0.25, 0.3) is 5.91 Å². The van der Waals surface area contributed by atoms with Gasteiger partial charge in [-0.25, -0.2) is 13.1 Å². The van der Waals surface area contributed by atoms with E-state index in [1.165, 1.54) is 0 Å². The smallest absolute Gasteiger partial charge is 0.253 e. The zero-order chi connectivity index (χ0) is 17.2. The Balaban J connectivity index is 1.66. The fourth-order valence-corrected chi connectivity index (χ4v) is 3.57. The number of rotatable bonds is 5. The maximum Gasteiger partial charge on any atom is 0.253 e. The first-order valence-corrected chi connectivity index (χ1v) is 9.43. The molecule has 3 rings (SSSR count). The third-order valence-corrected chi connectivity index (χ3v) is 5.37. The minimum atomic E-state index is -3.41. The molecular formula is C18H20N2O3S. The standard InChI is InChI=1S/C18H20N2O3S/c1-2-24(22,23)19-12-14-9-10-20(13-14)18(21)17-8-7-15-5-3-4-6-16(15)11-17/h2-8,11,14,19H,1,9-10,12-13H2/t14-/m1/s1. The number of benzene rings is 2. The minimum Gasteiger partial charge on any atom is -0.338 e. The maximum atomic E-state index is 12.7. The number of carbonyl (C=O) groups excluding carboxylic acids is 1. The second kappa shape index (κ2) is 6.75. The van der Waals surface area contributed by atoms with Gasteiger partial charge in [-0.2, -0.15) is 0 Å². The predicted octanol–water partition coefficient (Wildman–Crippen LogP) is 2.36. The van der Waals surface area contributed by atoms with Crippen LogP contribution in [0.4, 0.5) is 0 Å². The van der Waals surface area contributed by atoms with E-state index in [4.69, 9.17) is 0 Å². The van der Waals surface area contributed by atoms with Gasteiger partial charge in [-0.3, -0.25) is 4.79 Å². The van der Waals surface area contributed by atoms with E-state index in [0.29, 0.717) is 25.2 Å². The molecule has 0 radical (unpaired) electrons. The van der Waals surface area contributed by atoms with E-state index in [9.17, 15) is 13.2 Å². The molecule has 126 valence electrons. The lowest BCUT2D eigenvalue weighted by molar-refractivity contribution is 0.0787. The number of fused-ring (bicyclic) bond motifs is 1. The molecule has 1 aliphatic rings. The molecular weight excluding hydrogens is 324 g/mol. The molecule has 24 heavy (non-hydrogen) atoms. The normalized spacial score (nSPS) is 18.0. The van der Waals surface area contributed by atoms with Crippen molar-refractivity contribution in [3.05, 3.63) is 60.0 Å².